The van der Waals surface area contributed by atoms with Crippen LogP contribution in [-0.4, -0.2) is 0 Å². The van der Waals surface area contributed by atoms with Crippen LogP contribution in [0.3, 0.4) is 0 Å². The van der Waals surface area contributed by atoms with Gasteiger partial charge in [0.05, 0.1) is 0 Å². The van der Waals surface area contributed by atoms with E-state index >= 15 is 0 Å². The molecule has 14 bridgehead atoms. The van der Waals surface area contributed by atoms with E-state index in [0.29, 0.717) is 0 Å². The highest BCUT2D eigenvalue weighted by Crippen LogP contribution is 2.92. The second-order valence-electron chi connectivity index (χ2n) is 12.0. The van der Waals surface area contributed by atoms with Gasteiger partial charge in [0.25, 0.3) is 0 Å². The number of rotatable bonds is 0. The summed E-state index contributed by atoms with van der Waals surface area (Å²) in [5.74, 6) is 14.9. The molecule has 0 radical (unpaired) electrons. The van der Waals surface area contributed by atoms with Gasteiger partial charge in [-0.1, -0.05) is 0 Å². The molecule has 22 heavy (non-hydrogen) atoms. The smallest absolute Gasteiger partial charge is 0.0224 e. The molecule has 0 heteroatoms. The van der Waals surface area contributed by atoms with Crippen LogP contribution in [0.5, 0.6) is 0 Å². The fourth-order valence-electron chi connectivity index (χ4n) is 13.5. The van der Waals surface area contributed by atoms with E-state index in [-0.39, 0.29) is 0 Å². The fourth-order valence-corrected chi connectivity index (χ4v) is 13.5. The van der Waals surface area contributed by atoms with E-state index in [2.05, 4.69) is 0 Å². The number of hydrogen-bond acceptors (Lipinski definition) is 0. The molecule has 0 aromatic rings. The fraction of sp³-hybridized carbons (Fsp3) is 1.00. The van der Waals surface area contributed by atoms with E-state index in [0.717, 1.165) is 10.8 Å². The molecular weight excluding hydrogens is 264 g/mol. The predicted molar refractivity (Wildman–Crippen MR) is 83.7 cm³/mol. The summed E-state index contributed by atoms with van der Waals surface area (Å²) >= 11 is 0. The lowest BCUT2D eigenvalue weighted by Gasteiger charge is -2.91. The van der Waals surface area contributed by atoms with Crippen molar-refractivity contribution in [1.29, 1.82) is 0 Å². The number of hydrogen-bond donors (Lipinski definition) is 0. The van der Waals surface area contributed by atoms with Gasteiger partial charge in [0, 0.05) is 0 Å². The van der Waals surface area contributed by atoms with Crippen molar-refractivity contribution in [2.45, 2.75) is 51.4 Å². The third-order valence-electron chi connectivity index (χ3n) is 12.5. The van der Waals surface area contributed by atoms with E-state index in [4.69, 9.17) is 0 Å². The van der Waals surface area contributed by atoms with Crippen LogP contribution in [0.25, 0.3) is 0 Å². The van der Waals surface area contributed by atoms with E-state index in [1.54, 1.807) is 51.4 Å². The Morgan fingerprint density at radius 3 is 1.14 bits per heavy atom. The third kappa shape index (κ3) is 0.722. The molecular formula is C22H28. The Balaban J connectivity index is 1.43. The van der Waals surface area contributed by atoms with Crippen LogP contribution in [-0.2, 0) is 0 Å². The lowest BCUT2D eigenvalue weighted by Crippen LogP contribution is -2.85. The first-order chi connectivity index (χ1) is 10.8. The van der Waals surface area contributed by atoms with Crippen molar-refractivity contribution in [3.8, 4) is 0 Å². The van der Waals surface area contributed by atoms with Crippen molar-refractivity contribution < 1.29 is 0 Å². The molecule has 8 atom stereocenters. The summed E-state index contributed by atoms with van der Waals surface area (Å²) < 4.78 is 0. The van der Waals surface area contributed by atoms with Crippen LogP contribution in [0, 0.1) is 81.8 Å². The van der Waals surface area contributed by atoms with Crippen LogP contribution in [0.1, 0.15) is 51.4 Å². The van der Waals surface area contributed by atoms with Crippen LogP contribution < -0.4 is 0 Å². The first-order valence-corrected chi connectivity index (χ1v) is 10.8. The maximum Gasteiger partial charge on any atom is -0.0224 e. The molecule has 0 amide bonds. The first kappa shape index (κ1) is 10.8. The molecule has 8 unspecified atom stereocenters. The van der Waals surface area contributed by atoms with Gasteiger partial charge in [-0.15, -0.1) is 0 Å². The maximum absolute atomic E-state index is 1.75. The average Bonchev–Trinajstić information content (AvgIpc) is 2.52. The summed E-state index contributed by atoms with van der Waals surface area (Å²) in [5, 5.41) is 0. The van der Waals surface area contributed by atoms with E-state index in [1.165, 1.54) is 71.0 Å². The zero-order valence-electron chi connectivity index (χ0n) is 13.6. The molecule has 0 aromatic carbocycles. The van der Waals surface area contributed by atoms with Gasteiger partial charge in [0.2, 0.25) is 0 Å². The summed E-state index contributed by atoms with van der Waals surface area (Å²) in [5.41, 5.74) is 1.88. The van der Waals surface area contributed by atoms with Gasteiger partial charge in [-0.05, 0) is 133 Å². The van der Waals surface area contributed by atoms with Gasteiger partial charge in [-0.2, -0.15) is 0 Å². The van der Waals surface area contributed by atoms with Crippen LogP contribution in [0.4, 0.5) is 0 Å². The zero-order valence-corrected chi connectivity index (χ0v) is 13.6. The van der Waals surface area contributed by atoms with Gasteiger partial charge >= 0.3 is 0 Å². The van der Waals surface area contributed by atoms with Crippen molar-refractivity contribution in [2.75, 3.05) is 0 Å². The molecule has 13 aliphatic rings. The minimum atomic E-state index is 0.939. The average molecular weight is 292 g/mol. The lowest BCUT2D eigenvalue weighted by molar-refractivity contribution is -0.431. The van der Waals surface area contributed by atoms with E-state index in [9.17, 15) is 0 Å². The van der Waals surface area contributed by atoms with Crippen molar-refractivity contribution in [3.05, 3.63) is 0 Å². The largest absolute Gasteiger partial charge is 0.0470 e. The third-order valence-corrected chi connectivity index (χ3v) is 12.5. The van der Waals surface area contributed by atoms with Crippen LogP contribution in [0.15, 0.2) is 0 Å². The van der Waals surface area contributed by atoms with Gasteiger partial charge < -0.3 is 0 Å². The monoisotopic (exact) mass is 292 g/mol. The van der Waals surface area contributed by atoms with Crippen molar-refractivity contribution in [3.63, 3.8) is 0 Å². The molecule has 116 valence electrons. The minimum absolute atomic E-state index is 0.939. The molecule has 0 saturated heterocycles. The zero-order chi connectivity index (χ0) is 13.6. The van der Waals surface area contributed by atoms with E-state index < -0.39 is 0 Å². The molecule has 13 fully saturated rings. The highest BCUT2D eigenvalue weighted by atomic mass is 14.9. The summed E-state index contributed by atoms with van der Waals surface area (Å²) in [4.78, 5) is 0. The van der Waals surface area contributed by atoms with Gasteiger partial charge in [0.15, 0.2) is 0 Å². The Morgan fingerprint density at radius 1 is 0.409 bits per heavy atom. The molecule has 0 N–H and O–H groups in total. The molecule has 13 rings (SSSR count). The molecule has 0 heterocycles. The second-order valence-corrected chi connectivity index (χ2v) is 12.0. The van der Waals surface area contributed by atoms with Crippen molar-refractivity contribution >= 4 is 0 Å². The highest BCUT2D eigenvalue weighted by Gasteiger charge is 2.86. The van der Waals surface area contributed by atoms with Gasteiger partial charge in [-0.3, -0.25) is 0 Å². The molecule has 0 nitrogen and oxygen atoms in total. The Bertz CT molecular complexity index is 550. The maximum atomic E-state index is 1.75. The Kier molecular flexibility index (Phi) is 1.31. The van der Waals surface area contributed by atoms with Crippen molar-refractivity contribution in [2.24, 2.45) is 81.8 Å². The second kappa shape index (κ2) is 2.68. The highest BCUT2D eigenvalue weighted by molar-refractivity contribution is 5.34. The van der Waals surface area contributed by atoms with Crippen LogP contribution in [0.2, 0.25) is 0 Å². The van der Waals surface area contributed by atoms with Crippen LogP contribution >= 0.6 is 0 Å². The predicted octanol–water partition coefficient (Wildman–Crippen LogP) is 4.60. The van der Waals surface area contributed by atoms with Gasteiger partial charge in [-0.25, -0.2) is 0 Å². The lowest BCUT2D eigenvalue weighted by atomic mass is 9.13. The van der Waals surface area contributed by atoms with Gasteiger partial charge in [0.1, 0.15) is 0 Å². The van der Waals surface area contributed by atoms with E-state index in [1.807, 2.05) is 0 Å². The summed E-state index contributed by atoms with van der Waals surface area (Å²) in [6.07, 6.45) is 13.7. The topological polar surface area (TPSA) is 0 Å². The summed E-state index contributed by atoms with van der Waals surface area (Å²) in [6, 6.07) is 0. The minimum Gasteiger partial charge on any atom is -0.0470 e. The summed E-state index contributed by atoms with van der Waals surface area (Å²) in [6.45, 7) is 0. The Morgan fingerprint density at radius 2 is 0.773 bits per heavy atom. The molecule has 13 saturated carbocycles. The standard InChI is InChI=1S/C22H28/c1-9-2-12-15-7-22-6-10-3-13-16-8-21(5-9,17(11(1)15)18(13)22)19(12)20(22)14(16)4-10/h9-20H,1-8H2. The molecule has 2 spiro atoms. The molecule has 13 aliphatic carbocycles. The Labute approximate surface area is 133 Å². The first-order valence-electron chi connectivity index (χ1n) is 10.8. The summed E-state index contributed by atoms with van der Waals surface area (Å²) in [7, 11) is 0. The normalized spacial score (nSPS) is 85.1. The Hall–Kier alpha value is 0. The molecule has 0 aliphatic heterocycles. The quantitative estimate of drug-likeness (QED) is 0.612. The molecule has 0 aromatic heterocycles. The SMILES string of the molecule is C1C2CC3C4CC56CC7CC8C9CC(C2)(C(C14)C85)C3C6C9C7. The van der Waals surface area contributed by atoms with Crippen molar-refractivity contribution in [1.82, 2.24) is 0 Å².